The van der Waals surface area contributed by atoms with Gasteiger partial charge in [-0.05, 0) is 73.9 Å². The highest BCUT2D eigenvalue weighted by Gasteiger charge is 2.47. The molecule has 2 aliphatic heterocycles. The van der Waals surface area contributed by atoms with Gasteiger partial charge in [0, 0.05) is 60.5 Å². The first-order valence-electron chi connectivity index (χ1n) is 15.8. The number of pyridine rings is 2. The predicted octanol–water partition coefficient (Wildman–Crippen LogP) is 4.13. The summed E-state index contributed by atoms with van der Waals surface area (Å²) in [4.78, 5) is 42.3. The van der Waals surface area contributed by atoms with E-state index in [1.54, 1.807) is 13.3 Å². The van der Waals surface area contributed by atoms with Gasteiger partial charge in [0.05, 0.1) is 30.4 Å². The summed E-state index contributed by atoms with van der Waals surface area (Å²) in [5.41, 5.74) is 13.0. The number of ether oxygens (including phenoxy) is 1. The van der Waals surface area contributed by atoms with E-state index in [1.807, 2.05) is 36.2 Å². The number of piperidine rings is 1. The molecular formula is C34H34N8O3. The molecule has 5 aromatic rings. The zero-order chi connectivity index (χ0) is 30.6. The maximum Gasteiger partial charge on any atom is 0.254 e. The van der Waals surface area contributed by atoms with Crippen molar-refractivity contribution in [2.24, 2.45) is 24.6 Å². The van der Waals surface area contributed by atoms with Crippen LogP contribution in [0.4, 0.5) is 5.82 Å². The summed E-state index contributed by atoms with van der Waals surface area (Å²) in [6.45, 7) is 1.56. The Morgan fingerprint density at radius 1 is 1.11 bits per heavy atom. The third kappa shape index (κ3) is 4.10. The van der Waals surface area contributed by atoms with Crippen LogP contribution in [0.3, 0.4) is 0 Å². The fourth-order valence-electron chi connectivity index (χ4n) is 7.73. The second kappa shape index (κ2) is 9.61. The number of imidazole rings is 1. The van der Waals surface area contributed by atoms with E-state index in [0.717, 1.165) is 64.3 Å². The Bertz CT molecular complexity index is 2080. The molecule has 0 radical (unpaired) electrons. The van der Waals surface area contributed by atoms with Gasteiger partial charge in [0.1, 0.15) is 22.7 Å². The third-order valence-electron chi connectivity index (χ3n) is 10.3. The average molecular weight is 603 g/mol. The first kappa shape index (κ1) is 26.6. The van der Waals surface area contributed by atoms with Crippen molar-refractivity contribution in [3.8, 4) is 28.5 Å². The van der Waals surface area contributed by atoms with Crippen LogP contribution in [0, 0.1) is 11.8 Å². The van der Waals surface area contributed by atoms with Crippen LogP contribution in [0.1, 0.15) is 41.6 Å². The van der Waals surface area contributed by atoms with Crippen LogP contribution in [0.15, 0.2) is 42.6 Å². The van der Waals surface area contributed by atoms with Gasteiger partial charge in [-0.15, -0.1) is 0 Å². The number of nitrogens with one attached hydrogen (secondary N) is 1. The Labute approximate surface area is 259 Å². The Morgan fingerprint density at radius 3 is 2.73 bits per heavy atom. The standard InChI is InChI=1S/C34H34N8O3/c1-40-30-24(10-21(12-27(30)45-2)34(44)42-16-19-6-8-25(42)29(19)35)38-33(40)26-11-18-5-7-23(37-32(18)41(26)15-17-3-4-17)22-9-20-13-28(43)39-31(20)36-14-22/h5,7,9-12,14,17,19,25,29H,3-4,6,8,13,15-16,35H2,1-2H3,(H,36,39,43)/t19-,25-,29-/m1/s1. The van der Waals surface area contributed by atoms with Crippen LogP contribution in [0.5, 0.6) is 5.75 Å². The number of nitrogens with two attached hydrogens (primary N) is 1. The van der Waals surface area contributed by atoms with Gasteiger partial charge >= 0.3 is 0 Å². The molecular weight excluding hydrogens is 568 g/mol. The number of anilines is 1. The molecule has 0 spiro atoms. The SMILES string of the molecule is COc1cc(C(=O)N2C[C@H]3CC[C@@H]2[C@@H]3N)cc2nc(-c3cc4ccc(-c5cnc6c(c5)CC(=O)N6)nc4n3CC3CC3)n(C)c12. The van der Waals surface area contributed by atoms with Gasteiger partial charge in [0.15, 0.2) is 5.82 Å². The van der Waals surface area contributed by atoms with E-state index in [1.165, 1.54) is 12.8 Å². The van der Waals surface area contributed by atoms with E-state index in [2.05, 4.69) is 31.6 Å². The molecule has 2 amide bonds. The van der Waals surface area contributed by atoms with Gasteiger partial charge < -0.3 is 29.8 Å². The Morgan fingerprint density at radius 2 is 1.98 bits per heavy atom. The maximum atomic E-state index is 13.7. The molecule has 0 unspecified atom stereocenters. The number of nitrogens with zero attached hydrogens (tertiary/aromatic N) is 6. The van der Waals surface area contributed by atoms with Crippen molar-refractivity contribution >= 4 is 39.7 Å². The van der Waals surface area contributed by atoms with Crippen molar-refractivity contribution in [2.45, 2.75) is 50.7 Å². The molecule has 11 heteroatoms. The quantitative estimate of drug-likeness (QED) is 0.299. The molecule has 9 rings (SSSR count). The minimum absolute atomic E-state index is 0.00850. The van der Waals surface area contributed by atoms with Crippen molar-refractivity contribution in [1.82, 2.24) is 29.0 Å². The maximum absolute atomic E-state index is 13.7. The minimum atomic E-state index is -0.0381. The lowest BCUT2D eigenvalue weighted by Crippen LogP contribution is -2.41. The highest BCUT2D eigenvalue weighted by atomic mass is 16.5. The van der Waals surface area contributed by atoms with Gasteiger partial charge in [-0.3, -0.25) is 9.59 Å². The molecule has 6 heterocycles. The van der Waals surface area contributed by atoms with E-state index in [4.69, 9.17) is 20.4 Å². The second-order valence-corrected chi connectivity index (χ2v) is 13.1. The monoisotopic (exact) mass is 602 g/mol. The van der Waals surface area contributed by atoms with Gasteiger partial charge in [-0.25, -0.2) is 15.0 Å². The predicted molar refractivity (Wildman–Crippen MR) is 170 cm³/mol. The number of carbonyl (C=O) groups is 2. The molecule has 4 aromatic heterocycles. The van der Waals surface area contributed by atoms with E-state index in [0.29, 0.717) is 47.4 Å². The summed E-state index contributed by atoms with van der Waals surface area (Å²) in [6, 6.07) is 12.2. The Kier molecular flexibility index (Phi) is 5.69. The van der Waals surface area contributed by atoms with E-state index in [-0.39, 0.29) is 23.9 Å². The highest BCUT2D eigenvalue weighted by Crippen LogP contribution is 2.40. The van der Waals surface area contributed by atoms with Crippen molar-refractivity contribution in [1.29, 1.82) is 0 Å². The van der Waals surface area contributed by atoms with Gasteiger partial charge in [-0.1, -0.05) is 0 Å². The zero-order valence-electron chi connectivity index (χ0n) is 25.3. The molecule has 4 aliphatic rings. The van der Waals surface area contributed by atoms with E-state index < -0.39 is 0 Å². The lowest BCUT2D eigenvalue weighted by Gasteiger charge is -2.27. The van der Waals surface area contributed by atoms with Crippen molar-refractivity contribution in [2.75, 3.05) is 19.0 Å². The molecule has 2 bridgehead atoms. The number of hydrogen-bond acceptors (Lipinski definition) is 7. The first-order chi connectivity index (χ1) is 21.9. The van der Waals surface area contributed by atoms with Crippen molar-refractivity contribution in [3.05, 3.63) is 53.7 Å². The Balaban J connectivity index is 1.14. The molecule has 3 atom stereocenters. The smallest absolute Gasteiger partial charge is 0.254 e. The van der Waals surface area contributed by atoms with Gasteiger partial charge in [0.2, 0.25) is 5.91 Å². The van der Waals surface area contributed by atoms with Crippen LogP contribution in [-0.2, 0) is 24.8 Å². The number of aryl methyl sites for hydroxylation is 1. The van der Waals surface area contributed by atoms with E-state index in [9.17, 15) is 9.59 Å². The van der Waals surface area contributed by atoms with Gasteiger partial charge in [0.25, 0.3) is 5.91 Å². The minimum Gasteiger partial charge on any atom is -0.494 e. The summed E-state index contributed by atoms with van der Waals surface area (Å²) in [7, 11) is 3.63. The van der Waals surface area contributed by atoms with Crippen LogP contribution >= 0.6 is 0 Å². The molecule has 228 valence electrons. The second-order valence-electron chi connectivity index (χ2n) is 13.1. The largest absolute Gasteiger partial charge is 0.494 e. The molecule has 1 aromatic carbocycles. The molecule has 45 heavy (non-hydrogen) atoms. The van der Waals surface area contributed by atoms with E-state index >= 15 is 0 Å². The molecule has 2 saturated carbocycles. The third-order valence-corrected chi connectivity index (χ3v) is 10.3. The van der Waals surface area contributed by atoms with Crippen LogP contribution in [0.2, 0.25) is 0 Å². The summed E-state index contributed by atoms with van der Waals surface area (Å²) < 4.78 is 10.2. The molecule has 1 saturated heterocycles. The highest BCUT2D eigenvalue weighted by molar-refractivity contribution is 6.01. The fraction of sp³-hybridized carbons (Fsp3) is 0.382. The fourth-order valence-corrected chi connectivity index (χ4v) is 7.73. The summed E-state index contributed by atoms with van der Waals surface area (Å²) in [5, 5.41) is 3.83. The van der Waals surface area contributed by atoms with Crippen LogP contribution in [-0.4, -0.2) is 66.5 Å². The normalized spacial score (nSPS) is 22.1. The lowest BCUT2D eigenvalue weighted by atomic mass is 10.1. The summed E-state index contributed by atoms with van der Waals surface area (Å²) in [5.74, 6) is 2.97. The van der Waals surface area contributed by atoms with Crippen molar-refractivity contribution < 1.29 is 14.3 Å². The number of carbonyl (C=O) groups excluding carboxylic acids is 2. The topological polar surface area (TPSA) is 133 Å². The number of amides is 2. The number of rotatable bonds is 6. The molecule has 3 fully saturated rings. The zero-order valence-corrected chi connectivity index (χ0v) is 25.3. The Hall–Kier alpha value is -4.77. The number of hydrogen-bond donors (Lipinski definition) is 2. The van der Waals surface area contributed by atoms with Crippen LogP contribution in [0.25, 0.3) is 44.8 Å². The number of methoxy groups -OCH3 is 1. The summed E-state index contributed by atoms with van der Waals surface area (Å²) in [6.07, 6.45) is 6.54. The van der Waals surface area contributed by atoms with Crippen LogP contribution < -0.4 is 15.8 Å². The molecule has 3 N–H and O–H groups in total. The van der Waals surface area contributed by atoms with Gasteiger partial charge in [-0.2, -0.15) is 0 Å². The number of aromatic nitrogens is 5. The number of likely N-dealkylation sites (tertiary alicyclic amines) is 1. The number of fused-ring (bicyclic) bond motifs is 5. The molecule has 11 nitrogen and oxygen atoms in total. The van der Waals surface area contributed by atoms with Crippen molar-refractivity contribution in [3.63, 3.8) is 0 Å². The lowest BCUT2D eigenvalue weighted by molar-refractivity contribution is -0.115. The average Bonchev–Trinajstić information content (AvgIpc) is 3.26. The first-order valence-corrected chi connectivity index (χ1v) is 15.8. The number of benzene rings is 1. The summed E-state index contributed by atoms with van der Waals surface area (Å²) >= 11 is 0. The molecule has 2 aliphatic carbocycles.